The number of hydrogen-bond acceptors (Lipinski definition) is 12. The Kier molecular flexibility index (Phi) is 24.3. The van der Waals surface area contributed by atoms with E-state index in [1.165, 1.54) is 49.6 Å². The van der Waals surface area contributed by atoms with Gasteiger partial charge in [0.25, 0.3) is 0 Å². The normalized spacial score (nSPS) is 12.9. The molecule has 18 heteroatoms. The summed E-state index contributed by atoms with van der Waals surface area (Å²) in [6.07, 6.45) is -0.292. The van der Waals surface area contributed by atoms with Crippen LogP contribution in [0.2, 0.25) is 0 Å². The zero-order chi connectivity index (χ0) is 46.9. The minimum absolute atomic E-state index is 0.0129. The number of aliphatic imine (C=N–C) groups is 1. The number of amidine groups is 1. The molecular formula is C45H59F4N7O7. The van der Waals surface area contributed by atoms with Gasteiger partial charge in [0.2, 0.25) is 0 Å². The second-order valence-corrected chi connectivity index (χ2v) is 13.9. The van der Waals surface area contributed by atoms with Crippen molar-refractivity contribution in [3.63, 3.8) is 0 Å². The summed E-state index contributed by atoms with van der Waals surface area (Å²) in [6, 6.07) is 21.7. The van der Waals surface area contributed by atoms with Crippen LogP contribution in [-0.4, -0.2) is 109 Å². The van der Waals surface area contributed by atoms with Gasteiger partial charge >= 0.3 is 0 Å². The number of aromatic hydroxyl groups is 2. The zero-order valence-corrected chi connectivity index (χ0v) is 36.0. The third-order valence-electron chi connectivity index (χ3n) is 8.97. The Morgan fingerprint density at radius 3 is 2.08 bits per heavy atom. The van der Waals surface area contributed by atoms with Crippen molar-refractivity contribution in [2.24, 2.45) is 10.7 Å². The van der Waals surface area contributed by atoms with Gasteiger partial charge in [-0.25, -0.2) is 17.6 Å². The molecule has 1 aromatic heterocycles. The SMILES string of the molecule is CC(N)=NCc1ccc2c(ccn2CC[18F])c1.CNCC(O)C(OC)c1ccc([18F])c(O)c1.CNCC(O)COc1cccc([18F])c1C#N.CNCCC(O)c1ccc([18F])c(O)c1. The molecule has 10 N–H and O–H groups in total. The lowest BCUT2D eigenvalue weighted by Gasteiger charge is -2.21. The fourth-order valence-electron chi connectivity index (χ4n) is 5.79. The number of halogens is 4. The molecule has 4 atom stereocenters. The number of benzene rings is 4. The van der Waals surface area contributed by atoms with Gasteiger partial charge in [-0.2, -0.15) is 5.26 Å². The topological polar surface area (TPSA) is 223 Å². The van der Waals surface area contributed by atoms with Gasteiger partial charge in [0.15, 0.2) is 23.1 Å². The summed E-state index contributed by atoms with van der Waals surface area (Å²) in [6.45, 7) is 3.82. The van der Waals surface area contributed by atoms with Gasteiger partial charge in [0, 0.05) is 31.9 Å². The van der Waals surface area contributed by atoms with Gasteiger partial charge in [-0.3, -0.25) is 4.99 Å². The number of ether oxygens (including phenoxy) is 2. The molecule has 4 unspecified atom stereocenters. The van der Waals surface area contributed by atoms with Crippen molar-refractivity contribution in [3.8, 4) is 23.3 Å². The first-order chi connectivity index (χ1) is 30.1. The fourth-order valence-corrected chi connectivity index (χ4v) is 5.79. The molecule has 0 saturated heterocycles. The number of methoxy groups -OCH3 is 1. The third kappa shape index (κ3) is 18.2. The molecule has 0 aliphatic rings. The van der Waals surface area contributed by atoms with Crippen LogP contribution in [0.4, 0.5) is 17.6 Å². The lowest BCUT2D eigenvalue weighted by Crippen LogP contribution is -2.30. The number of aliphatic hydroxyl groups excluding tert-OH is 3. The highest BCUT2D eigenvalue weighted by atomic mass is 18.2. The lowest BCUT2D eigenvalue weighted by atomic mass is 10.0. The van der Waals surface area contributed by atoms with Crippen molar-refractivity contribution in [1.29, 1.82) is 5.26 Å². The van der Waals surface area contributed by atoms with Crippen molar-refractivity contribution in [3.05, 3.63) is 125 Å². The number of aromatic nitrogens is 1. The van der Waals surface area contributed by atoms with E-state index >= 15 is 0 Å². The van der Waals surface area contributed by atoms with Crippen molar-refractivity contribution in [2.45, 2.75) is 50.8 Å². The van der Waals surface area contributed by atoms with Crippen LogP contribution in [0.15, 0.2) is 90.1 Å². The van der Waals surface area contributed by atoms with Gasteiger partial charge < -0.3 is 61.3 Å². The minimum Gasteiger partial charge on any atom is -0.505 e. The number of rotatable bonds is 18. The van der Waals surface area contributed by atoms with Crippen LogP contribution in [0.1, 0.15) is 47.8 Å². The van der Waals surface area contributed by atoms with Crippen molar-refractivity contribution in [2.75, 3.05) is 61.2 Å². The number of likely N-dealkylation sites (N-methyl/N-ethyl adjacent to an activating group) is 2. The molecule has 0 amide bonds. The number of nitrogens with one attached hydrogen (secondary N) is 3. The number of aryl methyl sites for hydroxylation is 1. The molecule has 1 heterocycles. The third-order valence-corrected chi connectivity index (χ3v) is 8.97. The monoisotopic (exact) mass is 881 g/mol. The first-order valence-electron chi connectivity index (χ1n) is 19.8. The molecule has 344 valence electrons. The Hall–Kier alpha value is -5.78. The highest BCUT2D eigenvalue weighted by Gasteiger charge is 2.21. The molecule has 4 aromatic carbocycles. The van der Waals surface area contributed by atoms with Crippen LogP contribution in [0.25, 0.3) is 10.9 Å². The number of nitriles is 1. The number of phenolic OH excluding ortho intramolecular Hbond substituents is 2. The molecule has 0 fully saturated rings. The van der Waals surface area contributed by atoms with Gasteiger partial charge in [0.05, 0.1) is 31.1 Å². The summed E-state index contributed by atoms with van der Waals surface area (Å²) in [5.41, 5.74) is 8.59. The Balaban J connectivity index is 0.000000290. The first-order valence-corrected chi connectivity index (χ1v) is 19.8. The molecule has 63 heavy (non-hydrogen) atoms. The van der Waals surface area contributed by atoms with E-state index < -0.39 is 53.4 Å². The van der Waals surface area contributed by atoms with E-state index in [2.05, 4.69) is 27.0 Å². The number of fused-ring (bicyclic) bond motifs is 1. The molecule has 0 saturated carbocycles. The summed E-state index contributed by atoms with van der Waals surface area (Å²) in [5.74, 6) is -2.13. The number of hydrogen-bond donors (Lipinski definition) is 9. The predicted octanol–water partition coefficient (Wildman–Crippen LogP) is 5.12. The van der Waals surface area contributed by atoms with Gasteiger partial charge in [-0.1, -0.05) is 24.3 Å². The van der Waals surface area contributed by atoms with E-state index in [-0.39, 0.29) is 24.6 Å². The molecule has 0 aliphatic carbocycles. The largest absolute Gasteiger partial charge is 0.505 e. The smallest absolute Gasteiger partial charge is 0.164 e. The zero-order valence-electron chi connectivity index (χ0n) is 36.0. The first kappa shape index (κ1) is 53.4. The quantitative estimate of drug-likeness (QED) is 0.0318. The van der Waals surface area contributed by atoms with E-state index in [0.717, 1.165) is 28.6 Å². The van der Waals surface area contributed by atoms with Crippen LogP contribution in [0, 0.1) is 28.8 Å². The van der Waals surface area contributed by atoms with E-state index in [0.29, 0.717) is 56.1 Å². The van der Waals surface area contributed by atoms with E-state index in [4.69, 9.17) is 25.6 Å². The Morgan fingerprint density at radius 1 is 0.857 bits per heavy atom. The predicted molar refractivity (Wildman–Crippen MR) is 235 cm³/mol. The maximum atomic E-state index is 13.1. The van der Waals surface area contributed by atoms with Gasteiger partial charge in [-0.05, 0) is 118 Å². The van der Waals surface area contributed by atoms with Crippen molar-refractivity contribution in [1.82, 2.24) is 20.5 Å². The molecule has 0 radical (unpaired) electrons. The summed E-state index contributed by atoms with van der Waals surface area (Å²) >= 11 is 0. The average Bonchev–Trinajstić information content (AvgIpc) is 3.66. The van der Waals surface area contributed by atoms with Crippen LogP contribution in [-0.2, 0) is 17.8 Å². The number of alkyl halides is 1. The lowest BCUT2D eigenvalue weighted by molar-refractivity contribution is -0.0117. The summed E-state index contributed by atoms with van der Waals surface area (Å²) in [7, 11) is 6.64. The van der Waals surface area contributed by atoms with Crippen LogP contribution in [0.3, 0.4) is 0 Å². The van der Waals surface area contributed by atoms with E-state index in [1.807, 2.05) is 29.0 Å². The molecule has 5 rings (SSSR count). The Labute approximate surface area is 365 Å². The second kappa shape index (κ2) is 28.7. The Morgan fingerprint density at radius 2 is 1.51 bits per heavy atom. The standard InChI is InChI=1S/C13H16FN3.C11H13FN2O2.C11H16FNO3.C10H14FNO2/c1-10(15)16-9-11-2-3-13-12(8-11)4-6-17(13)7-5-14;1-14-6-8(15)7-16-11-4-2-3-10(12)9(11)5-13;1-13-6-10(15)11(16-2)7-3-4-8(12)9(14)5-7;1-12-5-4-9(13)7-2-3-8(11)10(14)6-7/h2-4,6,8H,5,7,9H2,1H3,(H2,15,16);2-4,8,14-15H,6-7H2,1H3;3-5,10-11,13-15H,6H2,1-2H3;2-3,6,9,12-14H,4-5H2,1H3/i14-1;2*12-1;11-1. The molecular weight excluding hydrogens is 823 g/mol. The minimum atomic E-state index is -0.764. The van der Waals surface area contributed by atoms with Crippen LogP contribution >= 0.6 is 0 Å². The number of nitrogens with zero attached hydrogens (tertiary/aromatic N) is 3. The van der Waals surface area contributed by atoms with E-state index in [1.54, 1.807) is 34.1 Å². The second-order valence-electron chi connectivity index (χ2n) is 13.9. The fraction of sp³-hybridized carbons (Fsp3) is 0.378. The van der Waals surface area contributed by atoms with Crippen LogP contribution < -0.4 is 26.4 Å². The van der Waals surface area contributed by atoms with Crippen LogP contribution in [0.5, 0.6) is 17.2 Å². The molecule has 14 nitrogen and oxygen atoms in total. The Bertz CT molecular complexity index is 2180. The molecule has 0 bridgehead atoms. The summed E-state index contributed by atoms with van der Waals surface area (Å²) in [4.78, 5) is 4.17. The molecule has 0 aliphatic heterocycles. The number of nitrogens with two attached hydrogens (primary N) is 1. The average molecular weight is 882 g/mol. The van der Waals surface area contributed by atoms with Crippen molar-refractivity contribution < 1.29 is 52.6 Å². The van der Waals surface area contributed by atoms with Gasteiger partial charge in [-0.15, -0.1) is 0 Å². The highest BCUT2D eigenvalue weighted by molar-refractivity contribution is 5.81. The summed E-state index contributed by atoms with van der Waals surface area (Å²) < 4.78 is 63.2. The number of aliphatic hydroxyl groups is 3. The maximum Gasteiger partial charge on any atom is 0.164 e. The maximum absolute atomic E-state index is 13.1. The van der Waals surface area contributed by atoms with Gasteiger partial charge in [0.1, 0.15) is 48.7 Å². The number of phenols is 2. The molecule has 0 spiro atoms. The van der Waals surface area contributed by atoms with Crippen molar-refractivity contribution >= 4 is 16.7 Å². The molecule has 5 aromatic rings. The highest BCUT2D eigenvalue weighted by Crippen LogP contribution is 2.26. The summed E-state index contributed by atoms with van der Waals surface area (Å²) in [5, 5.41) is 65.4. The van der Waals surface area contributed by atoms with E-state index in [9.17, 15) is 38.0 Å².